The van der Waals surface area contributed by atoms with E-state index in [9.17, 15) is 13.0 Å². The Morgan fingerprint density at radius 3 is 1.20 bits per heavy atom. The minimum absolute atomic E-state index is 0. The van der Waals surface area contributed by atoms with Crippen molar-refractivity contribution < 1.29 is 46.7 Å². The van der Waals surface area contributed by atoms with Gasteiger partial charge in [0.2, 0.25) is 10.4 Å². The van der Waals surface area contributed by atoms with E-state index in [0.29, 0.717) is 0 Å². The summed E-state index contributed by atoms with van der Waals surface area (Å²) in [5.74, 6) is 0.0168. The predicted molar refractivity (Wildman–Crippen MR) is 174 cm³/mol. The van der Waals surface area contributed by atoms with Crippen LogP contribution in [0, 0.1) is 5.92 Å². The molecule has 0 rings (SSSR count). The summed E-state index contributed by atoms with van der Waals surface area (Å²) in [5, 5.41) is 0. The summed E-state index contributed by atoms with van der Waals surface area (Å²) in [6.07, 6.45) is 42.4. The van der Waals surface area contributed by atoms with E-state index in [0.717, 1.165) is 19.3 Å². The second kappa shape index (κ2) is 35.1. The van der Waals surface area contributed by atoms with E-state index in [4.69, 9.17) is 0 Å². The average molecular weight is 609 g/mol. The molecule has 0 aromatic carbocycles. The minimum atomic E-state index is -4.62. The van der Waals surface area contributed by atoms with Crippen LogP contribution in [-0.2, 0) is 14.6 Å². The Hall–Kier alpha value is 0.610. The molecule has 0 saturated heterocycles. The van der Waals surface area contributed by atoms with E-state index in [1.54, 1.807) is 0 Å². The first kappa shape index (κ1) is 43.7. The van der Waals surface area contributed by atoms with Crippen LogP contribution >= 0.6 is 0 Å². The molecule has 0 N–H and O–H groups in total. The maximum atomic E-state index is 10.9. The minimum Gasteiger partial charge on any atom is -0.726 e. The van der Waals surface area contributed by atoms with Gasteiger partial charge in [0.15, 0.2) is 0 Å². The first-order valence-corrected chi connectivity index (χ1v) is 19.1. The Balaban J connectivity index is 0. The number of hydrogen-bond donors (Lipinski definition) is 0. The summed E-state index contributed by atoms with van der Waals surface area (Å²) in [6, 6.07) is 0. The zero-order valence-corrected chi connectivity index (χ0v) is 30.8. The first-order chi connectivity index (χ1) is 19.5. The van der Waals surface area contributed by atoms with Crippen LogP contribution < -0.4 is 29.6 Å². The predicted octanol–water partition coefficient (Wildman–Crippen LogP) is 8.99. The fraction of sp³-hybridized carbons (Fsp3) is 0.943. The maximum absolute atomic E-state index is 10.9. The third-order valence-corrected chi connectivity index (χ3v) is 8.66. The molecule has 0 spiro atoms. The molecule has 6 heteroatoms. The van der Waals surface area contributed by atoms with Gasteiger partial charge in [0.05, 0.1) is 6.61 Å². The molecule has 0 radical (unpaired) electrons. The van der Waals surface area contributed by atoms with Crippen molar-refractivity contribution >= 4 is 10.4 Å². The van der Waals surface area contributed by atoms with Crippen LogP contribution in [0.25, 0.3) is 0 Å². The van der Waals surface area contributed by atoms with Crippen LogP contribution in [0.5, 0.6) is 0 Å². The van der Waals surface area contributed by atoms with Crippen LogP contribution in [0.15, 0.2) is 12.2 Å². The molecule has 240 valence electrons. The van der Waals surface area contributed by atoms with Crippen molar-refractivity contribution in [2.75, 3.05) is 6.61 Å². The fourth-order valence-corrected chi connectivity index (χ4v) is 5.92. The van der Waals surface area contributed by atoms with Crippen LogP contribution in [-0.4, -0.2) is 19.6 Å². The van der Waals surface area contributed by atoms with Crippen molar-refractivity contribution in [1.82, 2.24) is 0 Å². The largest absolute Gasteiger partial charge is 1.00 e. The molecule has 0 heterocycles. The summed E-state index contributed by atoms with van der Waals surface area (Å²) < 4.78 is 37.4. The van der Waals surface area contributed by atoms with E-state index in [1.165, 1.54) is 167 Å². The SMILES string of the molecule is CCCCCCCCCCCC/C=C/C(CCCCCCCCCCCCCCCCCCC)COS(=O)(=O)[O-].[Na+]. The van der Waals surface area contributed by atoms with Crippen molar-refractivity contribution in [3.8, 4) is 0 Å². The van der Waals surface area contributed by atoms with Crippen LogP contribution in [0.3, 0.4) is 0 Å². The van der Waals surface area contributed by atoms with E-state index >= 15 is 0 Å². The molecular formula is C35H69NaO4S. The Labute approximate surface area is 280 Å². The maximum Gasteiger partial charge on any atom is 1.00 e. The Morgan fingerprint density at radius 1 is 0.537 bits per heavy atom. The molecule has 1 atom stereocenters. The molecule has 0 bridgehead atoms. The molecule has 4 nitrogen and oxygen atoms in total. The molecule has 0 aliphatic carbocycles. The van der Waals surface area contributed by atoms with E-state index in [-0.39, 0.29) is 42.1 Å². The van der Waals surface area contributed by atoms with Crippen molar-refractivity contribution in [3.05, 3.63) is 12.2 Å². The Morgan fingerprint density at radius 2 is 0.854 bits per heavy atom. The monoisotopic (exact) mass is 608 g/mol. The number of unbranched alkanes of at least 4 members (excludes halogenated alkanes) is 26. The van der Waals surface area contributed by atoms with Gasteiger partial charge in [-0.25, -0.2) is 8.42 Å². The quantitative estimate of drug-likeness (QED) is 0.0245. The van der Waals surface area contributed by atoms with Gasteiger partial charge in [0.25, 0.3) is 0 Å². The molecule has 0 fully saturated rings. The zero-order chi connectivity index (χ0) is 29.4. The van der Waals surface area contributed by atoms with Gasteiger partial charge in [0, 0.05) is 5.92 Å². The third kappa shape index (κ3) is 38.6. The number of allylic oxidation sites excluding steroid dienone is 1. The van der Waals surface area contributed by atoms with Gasteiger partial charge in [0.1, 0.15) is 0 Å². The van der Waals surface area contributed by atoms with Gasteiger partial charge < -0.3 is 4.55 Å². The Bertz CT molecular complexity index is 624. The summed E-state index contributed by atoms with van der Waals surface area (Å²) in [4.78, 5) is 0. The van der Waals surface area contributed by atoms with Crippen LogP contribution in [0.2, 0.25) is 0 Å². The molecule has 0 aliphatic rings. The second-order valence-electron chi connectivity index (χ2n) is 12.3. The molecule has 0 saturated carbocycles. The van der Waals surface area contributed by atoms with Crippen molar-refractivity contribution in [3.63, 3.8) is 0 Å². The molecular weight excluding hydrogens is 539 g/mol. The zero-order valence-electron chi connectivity index (χ0n) is 28.0. The number of rotatable bonds is 33. The van der Waals surface area contributed by atoms with E-state index < -0.39 is 10.4 Å². The van der Waals surface area contributed by atoms with Crippen LogP contribution in [0.1, 0.15) is 200 Å². The molecule has 1 unspecified atom stereocenters. The molecule has 0 aromatic heterocycles. The van der Waals surface area contributed by atoms with Gasteiger partial charge in [-0.3, -0.25) is 4.18 Å². The third-order valence-electron chi connectivity index (χ3n) is 8.24. The normalized spacial score (nSPS) is 12.7. The van der Waals surface area contributed by atoms with Gasteiger partial charge in [-0.1, -0.05) is 193 Å². The summed E-state index contributed by atoms with van der Waals surface area (Å²) in [6.45, 7) is 4.53. The van der Waals surface area contributed by atoms with Gasteiger partial charge in [-0.2, -0.15) is 0 Å². The first-order valence-electron chi connectivity index (χ1n) is 17.8. The van der Waals surface area contributed by atoms with Crippen molar-refractivity contribution in [2.45, 2.75) is 200 Å². The molecule has 0 amide bonds. The van der Waals surface area contributed by atoms with E-state index in [2.05, 4.69) is 30.2 Å². The van der Waals surface area contributed by atoms with E-state index in [1.807, 2.05) is 0 Å². The standard InChI is InChI=1S/C35H70O4S.Na/c1-3-5-7-9-11-13-15-17-18-19-20-21-23-25-27-29-31-33-35(34-39-40(36,37)38)32-30-28-26-24-22-16-14-12-10-8-6-4-2;/h30,32,35H,3-29,31,33-34H2,1-2H3,(H,36,37,38);/q;+1/p-1/b32-30+;. The summed E-state index contributed by atoms with van der Waals surface area (Å²) in [7, 11) is -4.62. The molecule has 0 aromatic rings. The fourth-order valence-electron chi connectivity index (χ4n) is 5.58. The van der Waals surface area contributed by atoms with Crippen molar-refractivity contribution in [2.24, 2.45) is 5.92 Å². The summed E-state index contributed by atoms with van der Waals surface area (Å²) in [5.41, 5.74) is 0. The van der Waals surface area contributed by atoms with Crippen LogP contribution in [0.4, 0.5) is 0 Å². The second-order valence-corrected chi connectivity index (χ2v) is 13.3. The van der Waals surface area contributed by atoms with Gasteiger partial charge in [-0.05, 0) is 19.3 Å². The molecule has 0 aliphatic heterocycles. The van der Waals surface area contributed by atoms with Gasteiger partial charge in [-0.15, -0.1) is 0 Å². The smallest absolute Gasteiger partial charge is 0.726 e. The van der Waals surface area contributed by atoms with Gasteiger partial charge >= 0.3 is 29.6 Å². The molecule has 41 heavy (non-hydrogen) atoms. The average Bonchev–Trinajstić information content (AvgIpc) is 2.93. The Kier molecular flexibility index (Phi) is 37.4. The number of hydrogen-bond acceptors (Lipinski definition) is 4. The van der Waals surface area contributed by atoms with Crippen molar-refractivity contribution in [1.29, 1.82) is 0 Å². The topological polar surface area (TPSA) is 66.4 Å². The summed E-state index contributed by atoms with van der Waals surface area (Å²) >= 11 is 0.